The summed E-state index contributed by atoms with van der Waals surface area (Å²) >= 11 is 0. The average molecular weight is 345 g/mol. The van der Waals surface area contributed by atoms with Crippen LogP contribution in [0.25, 0.3) is 10.9 Å². The number of nitrogens with one attached hydrogen (secondary N) is 2. The molecule has 0 aliphatic carbocycles. The molecule has 0 saturated heterocycles. The molecular weight excluding hydrogens is 318 g/mol. The highest BCUT2D eigenvalue weighted by atomic mass is 16.5. The summed E-state index contributed by atoms with van der Waals surface area (Å²) in [7, 11) is 1.64. The Labute approximate surface area is 148 Å². The van der Waals surface area contributed by atoms with E-state index in [1.807, 2.05) is 30.5 Å². The second-order valence-corrected chi connectivity index (χ2v) is 6.55. The predicted molar refractivity (Wildman–Crippen MR) is 99.5 cm³/mol. The summed E-state index contributed by atoms with van der Waals surface area (Å²) in [5.74, 6) is -0.704. The van der Waals surface area contributed by atoms with E-state index in [0.717, 1.165) is 30.3 Å². The third-order valence-corrected chi connectivity index (χ3v) is 3.86. The van der Waals surface area contributed by atoms with Gasteiger partial charge in [-0.2, -0.15) is 0 Å². The maximum Gasteiger partial charge on any atom is 0.313 e. The van der Waals surface area contributed by atoms with Crippen LogP contribution in [0.5, 0.6) is 0 Å². The van der Waals surface area contributed by atoms with Gasteiger partial charge in [0.25, 0.3) is 0 Å². The Bertz CT molecular complexity index is 722. The van der Waals surface area contributed by atoms with Crippen LogP contribution in [0.15, 0.2) is 30.5 Å². The van der Waals surface area contributed by atoms with Crippen molar-refractivity contribution in [3.8, 4) is 0 Å². The Hall–Kier alpha value is -2.34. The summed E-state index contributed by atoms with van der Waals surface area (Å²) in [5, 5.41) is 6.31. The third-order valence-electron chi connectivity index (χ3n) is 3.86. The number of hydrogen-bond acceptors (Lipinski definition) is 3. The number of hydrogen-bond donors (Lipinski definition) is 2. The van der Waals surface area contributed by atoms with Gasteiger partial charge in [0, 0.05) is 49.6 Å². The molecule has 2 N–H and O–H groups in total. The zero-order valence-electron chi connectivity index (χ0n) is 15.2. The van der Waals surface area contributed by atoms with E-state index in [-0.39, 0.29) is 0 Å². The normalized spacial score (nSPS) is 11.0. The standard InChI is InChI=1S/C19H27N3O3/c1-14(2)13-22-10-8-15-12-16(6-7-17(15)22)21-19(24)18(23)20-9-4-5-11-25-3/h6-8,10,12,14H,4-5,9,11,13H2,1-3H3,(H,20,23)(H,21,24). The molecule has 0 fully saturated rings. The summed E-state index contributed by atoms with van der Waals surface area (Å²) in [5.41, 5.74) is 1.74. The van der Waals surface area contributed by atoms with Gasteiger partial charge in [0.1, 0.15) is 0 Å². The van der Waals surface area contributed by atoms with E-state index >= 15 is 0 Å². The molecule has 2 aromatic rings. The van der Waals surface area contributed by atoms with Crippen LogP contribution in [0.3, 0.4) is 0 Å². The van der Waals surface area contributed by atoms with Crippen molar-refractivity contribution in [2.24, 2.45) is 5.92 Å². The van der Waals surface area contributed by atoms with Crippen LogP contribution in [0.1, 0.15) is 26.7 Å². The highest BCUT2D eigenvalue weighted by Crippen LogP contribution is 2.21. The van der Waals surface area contributed by atoms with Crippen molar-refractivity contribution < 1.29 is 14.3 Å². The minimum absolute atomic E-state index is 0.465. The summed E-state index contributed by atoms with van der Waals surface area (Å²) in [4.78, 5) is 23.8. The van der Waals surface area contributed by atoms with Gasteiger partial charge in [-0.1, -0.05) is 13.8 Å². The molecule has 136 valence electrons. The largest absolute Gasteiger partial charge is 0.385 e. The fourth-order valence-corrected chi connectivity index (χ4v) is 2.67. The number of ether oxygens (including phenoxy) is 1. The number of unbranched alkanes of at least 4 members (excludes halogenated alkanes) is 1. The molecule has 0 bridgehead atoms. The van der Waals surface area contributed by atoms with Crippen LogP contribution in [0.2, 0.25) is 0 Å². The SMILES string of the molecule is COCCCCNC(=O)C(=O)Nc1ccc2c(ccn2CC(C)C)c1. The molecule has 1 aromatic carbocycles. The van der Waals surface area contributed by atoms with E-state index in [4.69, 9.17) is 4.74 Å². The number of anilines is 1. The van der Waals surface area contributed by atoms with Crippen LogP contribution in [-0.4, -0.2) is 36.6 Å². The van der Waals surface area contributed by atoms with Crippen molar-refractivity contribution in [1.29, 1.82) is 0 Å². The average Bonchev–Trinajstić information content (AvgIpc) is 2.96. The molecule has 0 atom stereocenters. The lowest BCUT2D eigenvalue weighted by Gasteiger charge is -2.09. The van der Waals surface area contributed by atoms with Crippen molar-refractivity contribution in [3.63, 3.8) is 0 Å². The first-order chi connectivity index (χ1) is 12.0. The molecule has 6 heteroatoms. The molecule has 0 aliphatic heterocycles. The maximum atomic E-state index is 12.0. The summed E-state index contributed by atoms with van der Waals surface area (Å²) in [6.07, 6.45) is 3.67. The van der Waals surface area contributed by atoms with Gasteiger partial charge in [-0.15, -0.1) is 0 Å². The lowest BCUT2D eigenvalue weighted by Crippen LogP contribution is -2.35. The molecule has 0 aliphatic rings. The number of carbonyl (C=O) groups excluding carboxylic acids is 2. The first-order valence-electron chi connectivity index (χ1n) is 8.68. The quantitative estimate of drug-likeness (QED) is 0.571. The first-order valence-corrected chi connectivity index (χ1v) is 8.68. The Morgan fingerprint density at radius 3 is 2.68 bits per heavy atom. The molecule has 25 heavy (non-hydrogen) atoms. The number of aromatic nitrogens is 1. The van der Waals surface area contributed by atoms with E-state index in [0.29, 0.717) is 24.8 Å². The molecule has 1 heterocycles. The van der Waals surface area contributed by atoms with Gasteiger partial charge in [-0.05, 0) is 43.0 Å². The Morgan fingerprint density at radius 1 is 1.16 bits per heavy atom. The van der Waals surface area contributed by atoms with Crippen LogP contribution in [0.4, 0.5) is 5.69 Å². The van der Waals surface area contributed by atoms with Crippen molar-refractivity contribution in [3.05, 3.63) is 30.5 Å². The molecule has 2 rings (SSSR count). The molecule has 0 radical (unpaired) electrons. The Morgan fingerprint density at radius 2 is 1.96 bits per heavy atom. The van der Waals surface area contributed by atoms with E-state index in [1.165, 1.54) is 0 Å². The zero-order valence-corrected chi connectivity index (χ0v) is 15.2. The minimum atomic E-state index is -0.646. The second-order valence-electron chi connectivity index (χ2n) is 6.55. The molecule has 2 amide bonds. The lowest BCUT2D eigenvalue weighted by molar-refractivity contribution is -0.136. The number of carbonyl (C=O) groups is 2. The molecular formula is C19H27N3O3. The Kier molecular flexibility index (Phi) is 7.01. The van der Waals surface area contributed by atoms with Gasteiger partial charge in [0.05, 0.1) is 0 Å². The van der Waals surface area contributed by atoms with Crippen molar-refractivity contribution in [1.82, 2.24) is 9.88 Å². The summed E-state index contributed by atoms with van der Waals surface area (Å²) < 4.78 is 7.13. The third kappa shape index (κ3) is 5.60. The number of nitrogens with zero attached hydrogens (tertiary/aromatic N) is 1. The molecule has 0 saturated carbocycles. The predicted octanol–water partition coefficient (Wildman–Crippen LogP) is 2.78. The van der Waals surface area contributed by atoms with Gasteiger partial charge in [-0.3, -0.25) is 9.59 Å². The summed E-state index contributed by atoms with van der Waals surface area (Å²) in [6.45, 7) is 6.41. The smallest absolute Gasteiger partial charge is 0.313 e. The summed E-state index contributed by atoms with van der Waals surface area (Å²) in [6, 6.07) is 7.69. The van der Waals surface area contributed by atoms with Crippen molar-refractivity contribution >= 4 is 28.4 Å². The lowest BCUT2D eigenvalue weighted by atomic mass is 10.2. The number of rotatable bonds is 8. The fourth-order valence-electron chi connectivity index (χ4n) is 2.67. The zero-order chi connectivity index (χ0) is 18.2. The number of methoxy groups -OCH3 is 1. The monoisotopic (exact) mass is 345 g/mol. The van der Waals surface area contributed by atoms with Crippen molar-refractivity contribution in [2.45, 2.75) is 33.2 Å². The van der Waals surface area contributed by atoms with E-state index in [2.05, 4.69) is 29.0 Å². The highest BCUT2D eigenvalue weighted by Gasteiger charge is 2.13. The van der Waals surface area contributed by atoms with Crippen molar-refractivity contribution in [2.75, 3.05) is 25.6 Å². The van der Waals surface area contributed by atoms with Crippen LogP contribution in [0, 0.1) is 5.92 Å². The minimum Gasteiger partial charge on any atom is -0.385 e. The van der Waals surface area contributed by atoms with Crippen LogP contribution in [-0.2, 0) is 20.9 Å². The van der Waals surface area contributed by atoms with Gasteiger partial charge in [-0.25, -0.2) is 0 Å². The molecule has 0 unspecified atom stereocenters. The molecule has 1 aromatic heterocycles. The second kappa shape index (κ2) is 9.22. The maximum absolute atomic E-state index is 12.0. The fraction of sp³-hybridized carbons (Fsp3) is 0.474. The highest BCUT2D eigenvalue weighted by molar-refractivity contribution is 6.39. The van der Waals surface area contributed by atoms with Crippen LogP contribution >= 0.6 is 0 Å². The first kappa shape index (κ1) is 19.0. The topological polar surface area (TPSA) is 72.4 Å². The Balaban J connectivity index is 1.91. The number of fused-ring (bicyclic) bond motifs is 1. The van der Waals surface area contributed by atoms with Crippen LogP contribution < -0.4 is 10.6 Å². The van der Waals surface area contributed by atoms with E-state index in [1.54, 1.807) is 7.11 Å². The van der Waals surface area contributed by atoms with Gasteiger partial charge in [0.15, 0.2) is 0 Å². The van der Waals surface area contributed by atoms with E-state index in [9.17, 15) is 9.59 Å². The number of benzene rings is 1. The molecule has 6 nitrogen and oxygen atoms in total. The van der Waals surface area contributed by atoms with Gasteiger partial charge >= 0.3 is 11.8 Å². The van der Waals surface area contributed by atoms with E-state index < -0.39 is 11.8 Å². The van der Waals surface area contributed by atoms with Gasteiger partial charge < -0.3 is 19.9 Å². The van der Waals surface area contributed by atoms with Gasteiger partial charge in [0.2, 0.25) is 0 Å². The number of amides is 2. The molecule has 0 spiro atoms.